The number of aryl methyl sites for hydroxylation is 1. The molecule has 2 aromatic rings. The minimum absolute atomic E-state index is 0.0109. The van der Waals surface area contributed by atoms with Gasteiger partial charge in [0, 0.05) is 18.1 Å². The number of benzene rings is 1. The zero-order chi connectivity index (χ0) is 14.9. The van der Waals surface area contributed by atoms with E-state index in [1.54, 1.807) is 7.11 Å². The Labute approximate surface area is 120 Å². The second-order valence-corrected chi connectivity index (χ2v) is 5.87. The van der Waals surface area contributed by atoms with Gasteiger partial charge in [0.15, 0.2) is 5.89 Å². The normalized spacial score (nSPS) is 11.7. The molecule has 108 valence electrons. The van der Waals surface area contributed by atoms with E-state index in [0.717, 1.165) is 22.6 Å². The minimum atomic E-state index is -0.0109. The van der Waals surface area contributed by atoms with E-state index in [2.05, 4.69) is 31.8 Å². The largest absolute Gasteiger partial charge is 0.496 e. The van der Waals surface area contributed by atoms with Crippen LogP contribution in [0.15, 0.2) is 22.6 Å². The van der Waals surface area contributed by atoms with E-state index in [1.165, 1.54) is 0 Å². The third-order valence-corrected chi connectivity index (χ3v) is 3.27. The molecule has 0 saturated carbocycles. The molecule has 4 nitrogen and oxygen atoms in total. The van der Waals surface area contributed by atoms with Crippen LogP contribution in [-0.4, -0.2) is 12.1 Å². The van der Waals surface area contributed by atoms with Gasteiger partial charge in [-0.25, -0.2) is 4.98 Å². The summed E-state index contributed by atoms with van der Waals surface area (Å²) in [5, 5.41) is 0. The Balaban J connectivity index is 2.58. The molecule has 0 atom stereocenters. The van der Waals surface area contributed by atoms with Crippen LogP contribution in [0.1, 0.15) is 38.0 Å². The van der Waals surface area contributed by atoms with Crippen molar-refractivity contribution >= 4 is 0 Å². The van der Waals surface area contributed by atoms with Crippen LogP contribution < -0.4 is 10.5 Å². The van der Waals surface area contributed by atoms with E-state index in [9.17, 15) is 0 Å². The van der Waals surface area contributed by atoms with Crippen LogP contribution in [0.4, 0.5) is 0 Å². The number of hydrogen-bond acceptors (Lipinski definition) is 4. The fraction of sp³-hybridized carbons (Fsp3) is 0.438. The first-order valence-corrected chi connectivity index (χ1v) is 6.72. The monoisotopic (exact) mass is 274 g/mol. The van der Waals surface area contributed by atoms with E-state index in [-0.39, 0.29) is 5.41 Å². The van der Waals surface area contributed by atoms with E-state index in [1.807, 2.05) is 19.1 Å². The lowest BCUT2D eigenvalue weighted by Crippen LogP contribution is -2.13. The van der Waals surface area contributed by atoms with Crippen LogP contribution in [0, 0.1) is 6.92 Å². The summed E-state index contributed by atoms with van der Waals surface area (Å²) in [6, 6.07) is 6.07. The fourth-order valence-electron chi connectivity index (χ4n) is 2.27. The van der Waals surface area contributed by atoms with Crippen molar-refractivity contribution in [3.05, 3.63) is 35.4 Å². The average Bonchev–Trinajstić information content (AvgIpc) is 2.78. The number of methoxy groups -OCH3 is 1. The molecule has 0 aliphatic carbocycles. The first kappa shape index (κ1) is 14.6. The van der Waals surface area contributed by atoms with Crippen molar-refractivity contribution in [3.63, 3.8) is 0 Å². The number of nitrogens with two attached hydrogens (primary N) is 1. The maximum Gasteiger partial charge on any atom is 0.191 e. The van der Waals surface area contributed by atoms with Gasteiger partial charge in [-0.05, 0) is 23.6 Å². The van der Waals surface area contributed by atoms with Crippen molar-refractivity contribution < 1.29 is 9.15 Å². The van der Waals surface area contributed by atoms with Gasteiger partial charge in [0.25, 0.3) is 0 Å². The Kier molecular flexibility index (Phi) is 3.86. The molecule has 0 aliphatic rings. The topological polar surface area (TPSA) is 61.3 Å². The Morgan fingerprint density at radius 2 is 2.00 bits per heavy atom. The molecular weight excluding hydrogens is 252 g/mol. The quantitative estimate of drug-likeness (QED) is 0.931. The summed E-state index contributed by atoms with van der Waals surface area (Å²) in [5.74, 6) is 2.23. The van der Waals surface area contributed by atoms with E-state index >= 15 is 0 Å². The maximum absolute atomic E-state index is 5.72. The molecule has 2 rings (SSSR count). The molecule has 0 amide bonds. The molecule has 0 spiro atoms. The predicted molar refractivity (Wildman–Crippen MR) is 79.8 cm³/mol. The van der Waals surface area contributed by atoms with Crippen molar-refractivity contribution in [2.75, 3.05) is 7.11 Å². The number of ether oxygens (including phenoxy) is 1. The van der Waals surface area contributed by atoms with Crippen molar-refractivity contribution in [1.82, 2.24) is 4.98 Å². The zero-order valence-corrected chi connectivity index (χ0v) is 12.8. The Morgan fingerprint density at radius 1 is 1.30 bits per heavy atom. The Morgan fingerprint density at radius 3 is 2.55 bits per heavy atom. The van der Waals surface area contributed by atoms with Crippen LogP contribution in [0.3, 0.4) is 0 Å². The highest BCUT2D eigenvalue weighted by Gasteiger charge is 2.21. The molecule has 1 aromatic carbocycles. The molecule has 1 aromatic heterocycles. The summed E-state index contributed by atoms with van der Waals surface area (Å²) in [4.78, 5) is 4.44. The number of oxazole rings is 1. The van der Waals surface area contributed by atoms with Gasteiger partial charge in [0.1, 0.15) is 17.2 Å². The van der Waals surface area contributed by atoms with Gasteiger partial charge in [-0.3, -0.25) is 0 Å². The molecule has 2 N–H and O–H groups in total. The minimum Gasteiger partial charge on any atom is -0.496 e. The molecule has 1 heterocycles. The predicted octanol–water partition coefficient (Wildman–Crippen LogP) is 3.41. The Hall–Kier alpha value is -1.81. The molecule has 0 aliphatic heterocycles. The second kappa shape index (κ2) is 5.29. The number of rotatable bonds is 3. The van der Waals surface area contributed by atoms with Gasteiger partial charge >= 0.3 is 0 Å². The Bertz CT molecular complexity index is 609. The highest BCUT2D eigenvalue weighted by atomic mass is 16.5. The lowest BCUT2D eigenvalue weighted by atomic mass is 9.85. The smallest absolute Gasteiger partial charge is 0.191 e. The highest BCUT2D eigenvalue weighted by molar-refractivity contribution is 5.64. The SMILES string of the molecule is COc1ccc(-c2nc(C)oc2CN)cc1C(C)(C)C. The molecule has 0 saturated heterocycles. The van der Waals surface area contributed by atoms with Gasteiger partial charge in [-0.1, -0.05) is 20.8 Å². The number of nitrogens with zero attached hydrogens (tertiary/aromatic N) is 1. The third-order valence-electron chi connectivity index (χ3n) is 3.27. The second-order valence-electron chi connectivity index (χ2n) is 5.87. The van der Waals surface area contributed by atoms with E-state index < -0.39 is 0 Å². The summed E-state index contributed by atoms with van der Waals surface area (Å²) in [7, 11) is 1.69. The summed E-state index contributed by atoms with van der Waals surface area (Å²) < 4.78 is 11.0. The fourth-order valence-corrected chi connectivity index (χ4v) is 2.27. The summed E-state index contributed by atoms with van der Waals surface area (Å²) in [5.41, 5.74) is 8.68. The van der Waals surface area contributed by atoms with Crippen molar-refractivity contribution in [2.24, 2.45) is 5.73 Å². The average molecular weight is 274 g/mol. The lowest BCUT2D eigenvalue weighted by molar-refractivity contribution is 0.397. The highest BCUT2D eigenvalue weighted by Crippen LogP contribution is 2.35. The third kappa shape index (κ3) is 2.70. The molecule has 0 radical (unpaired) electrons. The van der Waals surface area contributed by atoms with Crippen molar-refractivity contribution in [2.45, 2.75) is 39.7 Å². The van der Waals surface area contributed by atoms with Gasteiger partial charge in [-0.15, -0.1) is 0 Å². The van der Waals surface area contributed by atoms with Crippen molar-refractivity contribution in [1.29, 1.82) is 0 Å². The summed E-state index contributed by atoms with van der Waals surface area (Å²) in [6.07, 6.45) is 0. The van der Waals surface area contributed by atoms with Crippen LogP contribution in [0.5, 0.6) is 5.75 Å². The van der Waals surface area contributed by atoms with Gasteiger partial charge < -0.3 is 14.9 Å². The summed E-state index contributed by atoms with van der Waals surface area (Å²) >= 11 is 0. The first-order valence-electron chi connectivity index (χ1n) is 6.72. The zero-order valence-electron chi connectivity index (χ0n) is 12.8. The van der Waals surface area contributed by atoms with Gasteiger partial charge in [0.05, 0.1) is 13.7 Å². The maximum atomic E-state index is 5.72. The van der Waals surface area contributed by atoms with Crippen molar-refractivity contribution in [3.8, 4) is 17.0 Å². The molecule has 4 heteroatoms. The van der Waals surface area contributed by atoms with Crippen LogP contribution in [-0.2, 0) is 12.0 Å². The van der Waals surface area contributed by atoms with Gasteiger partial charge in [-0.2, -0.15) is 0 Å². The number of aromatic nitrogens is 1. The molecule has 0 unspecified atom stereocenters. The molecule has 0 fully saturated rings. The van der Waals surface area contributed by atoms with Gasteiger partial charge in [0.2, 0.25) is 0 Å². The molecule has 20 heavy (non-hydrogen) atoms. The van der Waals surface area contributed by atoms with Crippen LogP contribution in [0.25, 0.3) is 11.3 Å². The van der Waals surface area contributed by atoms with Crippen LogP contribution >= 0.6 is 0 Å². The molecular formula is C16H22N2O2. The van der Waals surface area contributed by atoms with Crippen LogP contribution in [0.2, 0.25) is 0 Å². The standard InChI is InChI=1S/C16H22N2O2/c1-10-18-15(14(9-17)20-10)11-6-7-13(19-5)12(8-11)16(2,3)4/h6-8H,9,17H2,1-5H3. The number of hydrogen-bond donors (Lipinski definition) is 1. The summed E-state index contributed by atoms with van der Waals surface area (Å²) in [6.45, 7) is 8.65. The first-order chi connectivity index (χ1) is 9.36. The molecule has 0 bridgehead atoms. The van der Waals surface area contributed by atoms with E-state index in [4.69, 9.17) is 14.9 Å². The lowest BCUT2D eigenvalue weighted by Gasteiger charge is -2.22. The van der Waals surface area contributed by atoms with E-state index in [0.29, 0.717) is 18.2 Å².